The van der Waals surface area contributed by atoms with Crippen molar-refractivity contribution in [3.8, 4) is 5.75 Å². The summed E-state index contributed by atoms with van der Waals surface area (Å²) >= 11 is 0. The van der Waals surface area contributed by atoms with Crippen LogP contribution in [0.2, 0.25) is 0 Å². The molecule has 1 amide bonds. The summed E-state index contributed by atoms with van der Waals surface area (Å²) in [6.07, 6.45) is 0.689. The summed E-state index contributed by atoms with van der Waals surface area (Å²) < 4.78 is 5.72. The minimum absolute atomic E-state index is 0.0115. The summed E-state index contributed by atoms with van der Waals surface area (Å²) in [5.74, 6) is 0.849. The second-order valence-corrected chi connectivity index (χ2v) is 7.59. The lowest BCUT2D eigenvalue weighted by Crippen LogP contribution is -2.32. The van der Waals surface area contributed by atoms with Crippen LogP contribution in [0.5, 0.6) is 5.75 Å². The van der Waals surface area contributed by atoms with Gasteiger partial charge in [-0.1, -0.05) is 67.9 Å². The van der Waals surface area contributed by atoms with Crippen molar-refractivity contribution in [1.82, 2.24) is 0 Å². The zero-order chi connectivity index (χ0) is 19.4. The zero-order valence-electron chi connectivity index (χ0n) is 16.5. The second kappa shape index (κ2) is 7.83. The van der Waals surface area contributed by atoms with Gasteiger partial charge in [-0.2, -0.15) is 0 Å². The fourth-order valence-electron chi connectivity index (χ4n) is 3.25. The molecule has 3 heteroatoms. The molecule has 0 aromatic heterocycles. The molecule has 0 radical (unpaired) electrons. The van der Waals surface area contributed by atoms with Gasteiger partial charge in [0.1, 0.15) is 5.75 Å². The molecule has 0 saturated heterocycles. The average molecular weight is 361 g/mol. The Kier molecular flexibility index (Phi) is 5.50. The first-order valence-corrected chi connectivity index (χ1v) is 9.42. The Morgan fingerprint density at radius 2 is 1.63 bits per heavy atom. The molecule has 3 rings (SSSR count). The Hall–Kier alpha value is -2.81. The monoisotopic (exact) mass is 361 g/mol. The van der Waals surface area contributed by atoms with E-state index < -0.39 is 5.41 Å². The molecule has 0 heterocycles. The molecule has 3 aromatic rings. The number of nitrogens with one attached hydrogen (secondary N) is 1. The molecule has 0 unspecified atom stereocenters. The van der Waals surface area contributed by atoms with Crippen molar-refractivity contribution in [2.24, 2.45) is 5.41 Å². The van der Waals surface area contributed by atoms with E-state index >= 15 is 0 Å². The third kappa shape index (κ3) is 4.30. The summed E-state index contributed by atoms with van der Waals surface area (Å²) in [4.78, 5) is 13.0. The Balaban J connectivity index is 1.84. The first kappa shape index (κ1) is 19.0. The molecule has 3 nitrogen and oxygen atoms in total. The predicted octanol–water partition coefficient (Wildman–Crippen LogP) is 5.75. The predicted molar refractivity (Wildman–Crippen MR) is 112 cm³/mol. The SMILES string of the molecule is CCOc1ccc(NC(=O)C(C)(C)Cc2ccc(C)cc2)c2ccccc12. The van der Waals surface area contributed by atoms with E-state index in [0.29, 0.717) is 13.0 Å². The van der Waals surface area contributed by atoms with Gasteiger partial charge in [0.05, 0.1) is 6.61 Å². The highest BCUT2D eigenvalue weighted by Gasteiger charge is 2.28. The van der Waals surface area contributed by atoms with Crippen molar-refractivity contribution in [1.29, 1.82) is 0 Å². The number of aryl methyl sites for hydroxylation is 1. The van der Waals surface area contributed by atoms with Crippen LogP contribution in [0.1, 0.15) is 31.9 Å². The molecule has 0 aliphatic heterocycles. The summed E-state index contributed by atoms with van der Waals surface area (Å²) in [6.45, 7) is 8.62. The van der Waals surface area contributed by atoms with E-state index in [-0.39, 0.29) is 5.91 Å². The van der Waals surface area contributed by atoms with E-state index in [1.165, 1.54) is 5.56 Å². The minimum atomic E-state index is -0.519. The van der Waals surface area contributed by atoms with Gasteiger partial charge in [-0.05, 0) is 38.0 Å². The van der Waals surface area contributed by atoms with Crippen LogP contribution in [-0.2, 0) is 11.2 Å². The maximum Gasteiger partial charge on any atom is 0.230 e. The number of hydrogen-bond donors (Lipinski definition) is 1. The molecule has 27 heavy (non-hydrogen) atoms. The number of hydrogen-bond acceptors (Lipinski definition) is 2. The lowest BCUT2D eigenvalue weighted by molar-refractivity contribution is -0.123. The normalized spacial score (nSPS) is 11.4. The maximum absolute atomic E-state index is 13.0. The van der Waals surface area contributed by atoms with Crippen molar-refractivity contribution in [2.45, 2.75) is 34.1 Å². The molecule has 3 aromatic carbocycles. The summed E-state index contributed by atoms with van der Waals surface area (Å²) in [7, 11) is 0. The van der Waals surface area contributed by atoms with Gasteiger partial charge in [0.25, 0.3) is 0 Å². The van der Waals surface area contributed by atoms with Crippen molar-refractivity contribution in [2.75, 3.05) is 11.9 Å². The van der Waals surface area contributed by atoms with E-state index in [4.69, 9.17) is 4.74 Å². The van der Waals surface area contributed by atoms with Gasteiger partial charge >= 0.3 is 0 Å². The van der Waals surface area contributed by atoms with Gasteiger partial charge < -0.3 is 10.1 Å². The van der Waals surface area contributed by atoms with E-state index in [1.807, 2.05) is 57.2 Å². The van der Waals surface area contributed by atoms with E-state index in [1.54, 1.807) is 0 Å². The number of carbonyl (C=O) groups excluding carboxylic acids is 1. The van der Waals surface area contributed by atoms with Crippen LogP contribution in [0.3, 0.4) is 0 Å². The highest BCUT2D eigenvalue weighted by Crippen LogP contribution is 2.33. The first-order chi connectivity index (χ1) is 12.9. The van der Waals surface area contributed by atoms with Gasteiger partial charge in [0, 0.05) is 21.9 Å². The lowest BCUT2D eigenvalue weighted by atomic mass is 9.84. The van der Waals surface area contributed by atoms with E-state index in [0.717, 1.165) is 27.8 Å². The summed E-state index contributed by atoms with van der Waals surface area (Å²) in [5.41, 5.74) is 2.68. The average Bonchev–Trinajstić information content (AvgIpc) is 2.65. The Morgan fingerprint density at radius 1 is 0.963 bits per heavy atom. The van der Waals surface area contributed by atoms with Crippen LogP contribution >= 0.6 is 0 Å². The van der Waals surface area contributed by atoms with Crippen LogP contribution in [0, 0.1) is 12.3 Å². The molecule has 1 N–H and O–H groups in total. The molecular formula is C24H27NO2. The smallest absolute Gasteiger partial charge is 0.230 e. The Bertz CT molecular complexity index is 942. The molecular weight excluding hydrogens is 334 g/mol. The largest absolute Gasteiger partial charge is 0.493 e. The third-order valence-corrected chi connectivity index (χ3v) is 4.81. The zero-order valence-corrected chi connectivity index (χ0v) is 16.5. The quantitative estimate of drug-likeness (QED) is 0.607. The number of ether oxygens (including phenoxy) is 1. The molecule has 140 valence electrons. The summed E-state index contributed by atoms with van der Waals surface area (Å²) in [6, 6.07) is 20.2. The molecule has 0 aliphatic rings. The number of carbonyl (C=O) groups is 1. The van der Waals surface area contributed by atoms with Gasteiger partial charge in [0.2, 0.25) is 5.91 Å². The van der Waals surface area contributed by atoms with Crippen molar-refractivity contribution in [3.05, 3.63) is 71.8 Å². The maximum atomic E-state index is 13.0. The van der Waals surface area contributed by atoms with Crippen LogP contribution in [-0.4, -0.2) is 12.5 Å². The first-order valence-electron chi connectivity index (χ1n) is 9.42. The number of fused-ring (bicyclic) bond motifs is 1. The fraction of sp³-hybridized carbons (Fsp3) is 0.292. The Labute approximate surface area is 161 Å². The van der Waals surface area contributed by atoms with Gasteiger partial charge in [-0.25, -0.2) is 0 Å². The lowest BCUT2D eigenvalue weighted by Gasteiger charge is -2.24. The standard InChI is InChI=1S/C24H27NO2/c1-5-27-22-15-14-21(19-8-6-7-9-20(19)22)25-23(26)24(3,4)16-18-12-10-17(2)11-13-18/h6-15H,5,16H2,1-4H3,(H,25,26). The van der Waals surface area contributed by atoms with Crippen LogP contribution in [0.15, 0.2) is 60.7 Å². The number of rotatable bonds is 6. The number of anilines is 1. The van der Waals surface area contributed by atoms with Crippen LogP contribution in [0.4, 0.5) is 5.69 Å². The van der Waals surface area contributed by atoms with E-state index in [9.17, 15) is 4.79 Å². The topological polar surface area (TPSA) is 38.3 Å². The second-order valence-electron chi connectivity index (χ2n) is 7.59. The van der Waals surface area contributed by atoms with Crippen molar-refractivity contribution in [3.63, 3.8) is 0 Å². The molecule has 0 atom stereocenters. The van der Waals surface area contributed by atoms with Crippen molar-refractivity contribution >= 4 is 22.4 Å². The van der Waals surface area contributed by atoms with Gasteiger partial charge in [-0.15, -0.1) is 0 Å². The van der Waals surface area contributed by atoms with Crippen molar-refractivity contribution < 1.29 is 9.53 Å². The minimum Gasteiger partial charge on any atom is -0.493 e. The highest BCUT2D eigenvalue weighted by atomic mass is 16.5. The molecule has 0 bridgehead atoms. The fourth-order valence-corrected chi connectivity index (χ4v) is 3.25. The molecule has 0 aliphatic carbocycles. The van der Waals surface area contributed by atoms with Gasteiger partial charge in [-0.3, -0.25) is 4.79 Å². The van der Waals surface area contributed by atoms with Crippen LogP contribution in [0.25, 0.3) is 10.8 Å². The molecule has 0 saturated carbocycles. The van der Waals surface area contributed by atoms with Gasteiger partial charge in [0.15, 0.2) is 0 Å². The summed E-state index contributed by atoms with van der Waals surface area (Å²) in [5, 5.41) is 5.13. The number of benzene rings is 3. The highest BCUT2D eigenvalue weighted by molar-refractivity contribution is 6.05. The molecule has 0 spiro atoms. The van der Waals surface area contributed by atoms with Crippen LogP contribution < -0.4 is 10.1 Å². The number of amides is 1. The third-order valence-electron chi connectivity index (χ3n) is 4.81. The molecule has 0 fully saturated rings. The van der Waals surface area contributed by atoms with E-state index in [2.05, 4.69) is 36.5 Å². The Morgan fingerprint density at radius 3 is 2.30 bits per heavy atom.